The third-order valence-corrected chi connectivity index (χ3v) is 5.47. The number of aromatic nitrogens is 1. The van der Waals surface area contributed by atoms with Crippen molar-refractivity contribution >= 4 is 39.9 Å². The molecule has 0 aliphatic heterocycles. The molecule has 3 aromatic rings. The second-order valence-corrected chi connectivity index (χ2v) is 7.48. The molecule has 10 nitrogen and oxygen atoms in total. The number of carbonyl (C=O) groups excluding carboxylic acids is 3. The standard InChI is InChI=1S/C22H23N3O7S/c1-5-25(13(2)26)22-23-14(12-33-22)11-32-21(28)15-9-18(29-3)19(30-4)10-16(15)24-20(27)17-7-6-8-31-17/h6-10,12H,5,11H2,1-4H3,(H,24,27). The van der Waals surface area contributed by atoms with E-state index in [4.69, 9.17) is 18.6 Å². The number of rotatable bonds is 9. The van der Waals surface area contributed by atoms with E-state index in [1.807, 2.05) is 6.92 Å². The highest BCUT2D eigenvalue weighted by atomic mass is 32.1. The molecular weight excluding hydrogens is 450 g/mol. The Labute approximate surface area is 194 Å². The molecule has 2 amide bonds. The van der Waals surface area contributed by atoms with Gasteiger partial charge in [0.1, 0.15) is 6.61 Å². The highest BCUT2D eigenvalue weighted by Gasteiger charge is 2.22. The Morgan fingerprint density at radius 2 is 1.91 bits per heavy atom. The van der Waals surface area contributed by atoms with Crippen molar-refractivity contribution in [2.24, 2.45) is 0 Å². The van der Waals surface area contributed by atoms with Crippen molar-refractivity contribution in [3.05, 3.63) is 52.9 Å². The number of anilines is 2. The third kappa shape index (κ3) is 5.50. The van der Waals surface area contributed by atoms with Crippen LogP contribution in [-0.2, 0) is 16.1 Å². The second-order valence-electron chi connectivity index (χ2n) is 6.65. The number of furan rings is 1. The summed E-state index contributed by atoms with van der Waals surface area (Å²) in [4.78, 5) is 42.9. The van der Waals surface area contributed by atoms with Crippen LogP contribution in [0.1, 0.15) is 40.5 Å². The summed E-state index contributed by atoms with van der Waals surface area (Å²) in [6.07, 6.45) is 1.37. The van der Waals surface area contributed by atoms with Crippen LogP contribution in [0, 0.1) is 0 Å². The van der Waals surface area contributed by atoms with E-state index in [0.29, 0.717) is 23.1 Å². The number of hydrogen-bond acceptors (Lipinski definition) is 9. The monoisotopic (exact) mass is 473 g/mol. The van der Waals surface area contributed by atoms with E-state index in [0.717, 1.165) is 0 Å². The molecule has 0 atom stereocenters. The molecule has 0 unspecified atom stereocenters. The van der Waals surface area contributed by atoms with E-state index in [9.17, 15) is 14.4 Å². The van der Waals surface area contributed by atoms with Crippen molar-refractivity contribution < 1.29 is 33.0 Å². The molecule has 0 aliphatic carbocycles. The molecule has 2 aromatic heterocycles. The summed E-state index contributed by atoms with van der Waals surface area (Å²) in [6.45, 7) is 3.66. The summed E-state index contributed by atoms with van der Waals surface area (Å²) in [7, 11) is 2.87. The predicted octanol–water partition coefficient (Wildman–Crippen LogP) is 3.74. The number of thiazole rings is 1. The largest absolute Gasteiger partial charge is 0.493 e. The zero-order valence-electron chi connectivity index (χ0n) is 18.5. The fraction of sp³-hybridized carbons (Fsp3) is 0.273. The number of methoxy groups -OCH3 is 2. The zero-order chi connectivity index (χ0) is 24.0. The first-order chi connectivity index (χ1) is 15.9. The van der Waals surface area contributed by atoms with Gasteiger partial charge in [0.15, 0.2) is 22.4 Å². The van der Waals surface area contributed by atoms with E-state index in [1.165, 1.54) is 61.8 Å². The van der Waals surface area contributed by atoms with Gasteiger partial charge in [-0.3, -0.25) is 14.5 Å². The van der Waals surface area contributed by atoms with Crippen LogP contribution >= 0.6 is 11.3 Å². The second kappa shape index (κ2) is 10.6. The normalized spacial score (nSPS) is 10.4. The van der Waals surface area contributed by atoms with Crippen LogP contribution < -0.4 is 19.7 Å². The highest BCUT2D eigenvalue weighted by molar-refractivity contribution is 7.14. The minimum absolute atomic E-state index is 0.0573. The van der Waals surface area contributed by atoms with Gasteiger partial charge >= 0.3 is 5.97 Å². The van der Waals surface area contributed by atoms with Crippen LogP contribution in [0.25, 0.3) is 0 Å². The fourth-order valence-corrected chi connectivity index (χ4v) is 3.86. The molecule has 11 heteroatoms. The quantitative estimate of drug-likeness (QED) is 0.467. The summed E-state index contributed by atoms with van der Waals surface area (Å²) in [5.41, 5.74) is 0.707. The molecule has 0 radical (unpaired) electrons. The van der Waals surface area contributed by atoms with Gasteiger partial charge in [0.25, 0.3) is 5.91 Å². The maximum atomic E-state index is 12.9. The first kappa shape index (κ1) is 23.8. The zero-order valence-corrected chi connectivity index (χ0v) is 19.4. The molecule has 0 spiro atoms. The molecule has 33 heavy (non-hydrogen) atoms. The molecule has 2 heterocycles. The SMILES string of the molecule is CCN(C(C)=O)c1nc(COC(=O)c2cc(OC)c(OC)cc2NC(=O)c2ccco2)cs1. The van der Waals surface area contributed by atoms with Gasteiger partial charge in [-0.2, -0.15) is 0 Å². The Balaban J connectivity index is 1.81. The molecule has 0 saturated carbocycles. The van der Waals surface area contributed by atoms with Gasteiger partial charge in [-0.05, 0) is 19.1 Å². The van der Waals surface area contributed by atoms with Gasteiger partial charge in [0.05, 0.1) is 37.4 Å². The summed E-state index contributed by atoms with van der Waals surface area (Å²) in [5, 5.41) is 4.86. The lowest BCUT2D eigenvalue weighted by molar-refractivity contribution is -0.116. The summed E-state index contributed by atoms with van der Waals surface area (Å²) >= 11 is 1.28. The Hall–Kier alpha value is -3.86. The van der Waals surface area contributed by atoms with E-state index < -0.39 is 11.9 Å². The van der Waals surface area contributed by atoms with Crippen LogP contribution in [0.3, 0.4) is 0 Å². The molecule has 1 aromatic carbocycles. The molecule has 3 rings (SSSR count). The van der Waals surface area contributed by atoms with Crippen LogP contribution in [0.2, 0.25) is 0 Å². The van der Waals surface area contributed by atoms with Gasteiger partial charge < -0.3 is 23.9 Å². The van der Waals surface area contributed by atoms with Crippen LogP contribution in [0.4, 0.5) is 10.8 Å². The van der Waals surface area contributed by atoms with E-state index in [-0.39, 0.29) is 35.3 Å². The lowest BCUT2D eigenvalue weighted by atomic mass is 10.1. The molecule has 0 aliphatic rings. The molecule has 1 N–H and O–H groups in total. The average Bonchev–Trinajstić information content (AvgIpc) is 3.50. The molecular formula is C22H23N3O7S. The number of amides is 2. The highest BCUT2D eigenvalue weighted by Crippen LogP contribution is 2.34. The number of nitrogens with zero attached hydrogens (tertiary/aromatic N) is 2. The number of esters is 1. The Bertz CT molecular complexity index is 1140. The lowest BCUT2D eigenvalue weighted by Gasteiger charge is -2.15. The first-order valence-electron chi connectivity index (χ1n) is 9.88. The van der Waals surface area contributed by atoms with Crippen LogP contribution in [0.15, 0.2) is 40.3 Å². The van der Waals surface area contributed by atoms with E-state index >= 15 is 0 Å². The molecule has 0 saturated heterocycles. The molecule has 0 bridgehead atoms. The number of carbonyl (C=O) groups is 3. The summed E-state index contributed by atoms with van der Waals surface area (Å²) in [5.74, 6) is -0.704. The van der Waals surface area contributed by atoms with E-state index in [1.54, 1.807) is 11.4 Å². The van der Waals surface area contributed by atoms with E-state index in [2.05, 4.69) is 10.3 Å². The maximum absolute atomic E-state index is 12.9. The first-order valence-corrected chi connectivity index (χ1v) is 10.8. The summed E-state index contributed by atoms with van der Waals surface area (Å²) in [6, 6.07) is 5.95. The van der Waals surface area contributed by atoms with Crippen molar-refractivity contribution in [1.29, 1.82) is 0 Å². The molecule has 0 fully saturated rings. The maximum Gasteiger partial charge on any atom is 0.340 e. The van der Waals surface area contributed by atoms with Gasteiger partial charge in [0.2, 0.25) is 5.91 Å². The Kier molecular flexibility index (Phi) is 7.67. The topological polar surface area (TPSA) is 120 Å². The molecule has 174 valence electrons. The number of ether oxygens (including phenoxy) is 3. The summed E-state index contributed by atoms with van der Waals surface area (Å²) < 4.78 is 21.1. The van der Waals surface area contributed by atoms with Gasteiger partial charge in [-0.1, -0.05) is 0 Å². The third-order valence-electron chi connectivity index (χ3n) is 4.55. The van der Waals surface area contributed by atoms with Gasteiger partial charge in [0, 0.05) is 31.0 Å². The number of nitrogens with one attached hydrogen (secondary N) is 1. The predicted molar refractivity (Wildman–Crippen MR) is 121 cm³/mol. The van der Waals surface area contributed by atoms with Gasteiger partial charge in [-0.15, -0.1) is 11.3 Å². The number of hydrogen-bond donors (Lipinski definition) is 1. The van der Waals surface area contributed by atoms with Crippen LogP contribution in [0.5, 0.6) is 11.5 Å². The fourth-order valence-electron chi connectivity index (χ4n) is 2.94. The van der Waals surface area contributed by atoms with Crippen molar-refractivity contribution in [2.45, 2.75) is 20.5 Å². The average molecular weight is 474 g/mol. The Morgan fingerprint density at radius 1 is 1.18 bits per heavy atom. The van der Waals surface area contributed by atoms with Crippen LogP contribution in [-0.4, -0.2) is 43.5 Å². The van der Waals surface area contributed by atoms with Crippen molar-refractivity contribution in [3.8, 4) is 11.5 Å². The lowest BCUT2D eigenvalue weighted by Crippen LogP contribution is -2.27. The smallest absolute Gasteiger partial charge is 0.340 e. The minimum Gasteiger partial charge on any atom is -0.493 e. The van der Waals surface area contributed by atoms with Crippen molar-refractivity contribution in [2.75, 3.05) is 31.0 Å². The van der Waals surface area contributed by atoms with Crippen molar-refractivity contribution in [3.63, 3.8) is 0 Å². The number of benzene rings is 1. The Morgan fingerprint density at radius 3 is 2.52 bits per heavy atom. The van der Waals surface area contributed by atoms with Gasteiger partial charge in [-0.25, -0.2) is 9.78 Å². The van der Waals surface area contributed by atoms with Crippen molar-refractivity contribution in [1.82, 2.24) is 4.98 Å². The minimum atomic E-state index is -0.709.